The fourth-order valence-electron chi connectivity index (χ4n) is 3.80. The first-order chi connectivity index (χ1) is 18.7. The summed E-state index contributed by atoms with van der Waals surface area (Å²) in [7, 11) is 0.0331. The van der Waals surface area contributed by atoms with Crippen LogP contribution < -0.4 is 15.4 Å². The Morgan fingerprint density at radius 3 is 2.62 bits per heavy atom. The molecule has 0 saturated heterocycles. The minimum Gasteiger partial charge on any atom is -0.494 e. The average molecular weight is 616 g/mol. The molecule has 1 amide bonds. The Labute approximate surface area is 236 Å². The van der Waals surface area contributed by atoms with Crippen molar-refractivity contribution in [2.75, 3.05) is 50.8 Å². The van der Waals surface area contributed by atoms with E-state index in [1.54, 1.807) is 44.0 Å². The second-order valence-corrected chi connectivity index (χ2v) is 11.3. The van der Waals surface area contributed by atoms with Gasteiger partial charge in [0.25, 0.3) is 0 Å². The van der Waals surface area contributed by atoms with Crippen LogP contribution in [0.5, 0.6) is 5.75 Å². The van der Waals surface area contributed by atoms with Gasteiger partial charge in [-0.1, -0.05) is 28.1 Å². The molecule has 2 aromatic carbocycles. The van der Waals surface area contributed by atoms with Crippen molar-refractivity contribution in [1.29, 1.82) is 5.26 Å². The van der Waals surface area contributed by atoms with E-state index in [0.717, 1.165) is 10.2 Å². The van der Waals surface area contributed by atoms with Crippen LogP contribution in [0.1, 0.15) is 19.4 Å². The number of carbonyl (C=O) groups excluding carboxylic acids is 1. The molecule has 206 valence electrons. The van der Waals surface area contributed by atoms with Crippen molar-refractivity contribution in [2.24, 2.45) is 0 Å². The number of methoxy groups -OCH3 is 1. The first kappa shape index (κ1) is 30.3. The third kappa shape index (κ3) is 8.36. The highest BCUT2D eigenvalue weighted by Crippen LogP contribution is 2.48. The summed E-state index contributed by atoms with van der Waals surface area (Å²) in [6.45, 7) is 4.43. The van der Waals surface area contributed by atoms with Gasteiger partial charge in [-0.3, -0.25) is 19.2 Å². The Kier molecular flexibility index (Phi) is 11.0. The van der Waals surface area contributed by atoms with E-state index in [-0.39, 0.29) is 25.4 Å². The summed E-state index contributed by atoms with van der Waals surface area (Å²) >= 11 is 3.46. The number of carbonyl (C=O) groups is 1. The van der Waals surface area contributed by atoms with Crippen LogP contribution in [-0.2, 0) is 18.4 Å². The highest BCUT2D eigenvalue weighted by Gasteiger charge is 2.25. The maximum atomic E-state index is 12.8. The molecule has 1 heterocycles. The lowest BCUT2D eigenvalue weighted by Gasteiger charge is -2.22. The van der Waals surface area contributed by atoms with E-state index in [0.29, 0.717) is 40.1 Å². The Morgan fingerprint density at radius 1 is 1.23 bits per heavy atom. The molecule has 0 radical (unpaired) electrons. The lowest BCUT2D eigenvalue weighted by molar-refractivity contribution is -0.111. The number of likely N-dealkylation sites (N-methyl/N-ethyl adjacent to an activating group) is 1. The van der Waals surface area contributed by atoms with Gasteiger partial charge < -0.3 is 24.4 Å². The zero-order valence-corrected chi connectivity index (χ0v) is 24.7. The van der Waals surface area contributed by atoms with Crippen LogP contribution in [0, 0.1) is 11.3 Å². The van der Waals surface area contributed by atoms with Gasteiger partial charge in [0, 0.05) is 40.4 Å². The number of aromatic nitrogens is 1. The number of nitriles is 1. The topological polar surface area (TPSA) is 126 Å². The molecule has 3 rings (SSSR count). The molecule has 1 aromatic heterocycles. The smallest absolute Gasteiger partial charge is 0.344 e. The van der Waals surface area contributed by atoms with Gasteiger partial charge in [-0.2, -0.15) is 5.26 Å². The van der Waals surface area contributed by atoms with Gasteiger partial charge in [-0.25, -0.2) is 0 Å². The molecule has 0 unspecified atom stereocenters. The first-order valence-corrected chi connectivity index (χ1v) is 14.7. The molecule has 0 aliphatic carbocycles. The Bertz CT molecular complexity index is 1430. The fourth-order valence-corrected chi connectivity index (χ4v) is 5.93. The molecule has 0 bridgehead atoms. The van der Waals surface area contributed by atoms with Crippen LogP contribution >= 0.6 is 23.5 Å². The second-order valence-electron chi connectivity index (χ2n) is 8.38. The summed E-state index contributed by atoms with van der Waals surface area (Å²) in [6, 6.07) is 13.2. The second kappa shape index (κ2) is 14.2. The number of hydrogen-bond donors (Lipinski definition) is 2. The maximum Gasteiger partial charge on any atom is 0.344 e. The number of hydrogen-bond acceptors (Lipinski definition) is 9. The normalized spacial score (nSPS) is 11.6. The van der Waals surface area contributed by atoms with E-state index < -0.39 is 7.60 Å². The van der Waals surface area contributed by atoms with Crippen molar-refractivity contribution in [3.05, 3.63) is 64.8 Å². The molecule has 0 atom stereocenters. The number of anilines is 3. The standard InChI is InChI=1S/C27H31BrN5O5P/c1-5-37-39(35,38-6-2)18-33(3)12-8-11-26(34)32-24-14-22-23(15-25(24)36-4)30-17-19(16-29)27(22)31-21-10-7-9-20(28)13-21/h7-11,13-15,17H,5-6,12,18H2,1-4H3,(H,30,31)(H,32,34). The molecule has 2 N–H and O–H groups in total. The van der Waals surface area contributed by atoms with Crippen molar-refractivity contribution < 1.29 is 23.1 Å². The van der Waals surface area contributed by atoms with Crippen LogP contribution in [0.25, 0.3) is 10.9 Å². The highest BCUT2D eigenvalue weighted by atomic mass is 79.9. The Balaban J connectivity index is 1.82. The summed E-state index contributed by atoms with van der Waals surface area (Å²) in [5, 5.41) is 16.5. The number of halogens is 1. The van der Waals surface area contributed by atoms with Crippen LogP contribution in [0.4, 0.5) is 17.1 Å². The molecule has 12 heteroatoms. The van der Waals surface area contributed by atoms with E-state index in [1.165, 1.54) is 19.4 Å². The van der Waals surface area contributed by atoms with E-state index in [9.17, 15) is 14.6 Å². The number of ether oxygens (including phenoxy) is 1. The third-order valence-electron chi connectivity index (χ3n) is 5.41. The zero-order chi connectivity index (χ0) is 28.4. The predicted molar refractivity (Wildman–Crippen MR) is 157 cm³/mol. The van der Waals surface area contributed by atoms with Gasteiger partial charge >= 0.3 is 7.60 Å². The van der Waals surface area contributed by atoms with Crippen LogP contribution in [0.3, 0.4) is 0 Å². The van der Waals surface area contributed by atoms with Crippen LogP contribution in [0.15, 0.2) is 59.2 Å². The van der Waals surface area contributed by atoms with Crippen molar-refractivity contribution >= 4 is 57.4 Å². The molecule has 0 aliphatic heterocycles. The van der Waals surface area contributed by atoms with E-state index >= 15 is 0 Å². The molecule has 0 saturated carbocycles. The molecule has 0 spiro atoms. The number of nitrogens with zero attached hydrogens (tertiary/aromatic N) is 3. The molecule has 10 nitrogen and oxygen atoms in total. The predicted octanol–water partition coefficient (Wildman–Crippen LogP) is 6.27. The lowest BCUT2D eigenvalue weighted by Crippen LogP contribution is -2.22. The molecule has 0 aliphatic rings. The summed E-state index contributed by atoms with van der Waals surface area (Å²) in [4.78, 5) is 18.9. The van der Waals surface area contributed by atoms with Gasteiger partial charge in [-0.15, -0.1) is 0 Å². The SMILES string of the molecule is CCOP(=O)(CN(C)CC=CC(=O)Nc1cc2c(Nc3cccc(Br)c3)c(C#N)cnc2cc1OC)OCC. The largest absolute Gasteiger partial charge is 0.494 e. The minimum atomic E-state index is -3.23. The van der Waals surface area contributed by atoms with Crippen LogP contribution in [0.2, 0.25) is 0 Å². The summed E-state index contributed by atoms with van der Waals surface area (Å²) in [5.74, 6) is 0.0334. The molecular weight excluding hydrogens is 585 g/mol. The molecule has 0 fully saturated rings. The fraction of sp³-hybridized carbons (Fsp3) is 0.296. The Hall–Kier alpha value is -3.26. The summed E-state index contributed by atoms with van der Waals surface area (Å²) < 4.78 is 29.7. The van der Waals surface area contributed by atoms with Crippen LogP contribution in [-0.4, -0.2) is 56.0 Å². The first-order valence-electron chi connectivity index (χ1n) is 12.2. The number of nitrogens with one attached hydrogen (secondary N) is 2. The number of fused-ring (bicyclic) bond motifs is 1. The highest BCUT2D eigenvalue weighted by molar-refractivity contribution is 9.10. The lowest BCUT2D eigenvalue weighted by atomic mass is 10.1. The van der Waals surface area contributed by atoms with Gasteiger partial charge in [0.2, 0.25) is 5.91 Å². The van der Waals surface area contributed by atoms with Crippen molar-refractivity contribution in [2.45, 2.75) is 13.8 Å². The van der Waals surface area contributed by atoms with E-state index in [4.69, 9.17) is 13.8 Å². The van der Waals surface area contributed by atoms with Gasteiger partial charge in [-0.05, 0) is 45.2 Å². The zero-order valence-electron chi connectivity index (χ0n) is 22.2. The number of pyridine rings is 1. The number of benzene rings is 2. The van der Waals surface area contributed by atoms with E-state index in [1.807, 2.05) is 24.3 Å². The quantitative estimate of drug-likeness (QED) is 0.169. The van der Waals surface area contributed by atoms with Gasteiger partial charge in [0.15, 0.2) is 0 Å². The molecule has 3 aromatic rings. The number of amides is 1. The van der Waals surface area contributed by atoms with Gasteiger partial charge in [0.1, 0.15) is 18.1 Å². The summed E-state index contributed by atoms with van der Waals surface area (Å²) in [5.41, 5.74) is 2.69. The third-order valence-corrected chi connectivity index (χ3v) is 8.04. The molecular formula is C27H31BrN5O5P. The summed E-state index contributed by atoms with van der Waals surface area (Å²) in [6.07, 6.45) is 4.63. The van der Waals surface area contributed by atoms with Crippen molar-refractivity contribution in [1.82, 2.24) is 9.88 Å². The monoisotopic (exact) mass is 615 g/mol. The van der Waals surface area contributed by atoms with Crippen molar-refractivity contribution in [3.63, 3.8) is 0 Å². The number of rotatable bonds is 13. The van der Waals surface area contributed by atoms with Gasteiger partial charge in [0.05, 0.1) is 42.8 Å². The van der Waals surface area contributed by atoms with E-state index in [2.05, 4.69) is 37.6 Å². The average Bonchev–Trinajstić information content (AvgIpc) is 2.88. The molecule has 39 heavy (non-hydrogen) atoms. The Morgan fingerprint density at radius 2 is 1.97 bits per heavy atom. The minimum absolute atomic E-state index is 0.0983. The van der Waals surface area contributed by atoms with Crippen molar-refractivity contribution in [3.8, 4) is 11.8 Å². The maximum absolute atomic E-state index is 12.8.